The van der Waals surface area contributed by atoms with Gasteiger partial charge in [-0.15, -0.1) is 0 Å². The molecule has 1 heterocycles. The molecule has 23 heavy (non-hydrogen) atoms. The van der Waals surface area contributed by atoms with Gasteiger partial charge >= 0.3 is 5.97 Å². The molecular weight excluding hydrogens is 303 g/mol. The Balaban J connectivity index is 1.95. The van der Waals surface area contributed by atoms with Gasteiger partial charge in [0.1, 0.15) is 5.82 Å². The van der Waals surface area contributed by atoms with Crippen LogP contribution in [0.3, 0.4) is 0 Å². The van der Waals surface area contributed by atoms with E-state index in [4.69, 9.17) is 4.74 Å². The summed E-state index contributed by atoms with van der Waals surface area (Å²) in [6.45, 7) is 0. The number of hydrogen-bond donors (Lipinski definition) is 0. The maximum Gasteiger partial charge on any atom is 0.363 e. The van der Waals surface area contributed by atoms with E-state index < -0.39 is 16.7 Å². The minimum Gasteiger partial charge on any atom is -0.402 e. The van der Waals surface area contributed by atoms with Gasteiger partial charge in [-0.25, -0.2) is 14.2 Å². The van der Waals surface area contributed by atoms with Crippen LogP contribution >= 0.6 is 0 Å². The van der Waals surface area contributed by atoms with E-state index in [1.807, 2.05) is 0 Å². The number of non-ortho nitro benzene ring substituents is 1. The molecule has 2 aromatic carbocycles. The van der Waals surface area contributed by atoms with E-state index in [2.05, 4.69) is 4.99 Å². The van der Waals surface area contributed by atoms with E-state index in [-0.39, 0.29) is 17.3 Å². The standard InChI is InChI=1S/C16H9FN2O4/c17-12-5-2-4-11(9-12)15-18-14(16(20)23-15)8-10-3-1-6-13(7-10)19(21)22/h1-9H/b14-8+. The van der Waals surface area contributed by atoms with Gasteiger partial charge in [0.25, 0.3) is 5.69 Å². The minimum atomic E-state index is -0.698. The van der Waals surface area contributed by atoms with Crippen molar-refractivity contribution in [3.63, 3.8) is 0 Å². The van der Waals surface area contributed by atoms with Crippen LogP contribution in [0.2, 0.25) is 0 Å². The average Bonchev–Trinajstić information content (AvgIpc) is 2.89. The van der Waals surface area contributed by atoms with Crippen molar-refractivity contribution in [1.29, 1.82) is 0 Å². The molecule has 0 bridgehead atoms. The van der Waals surface area contributed by atoms with E-state index in [0.29, 0.717) is 11.1 Å². The summed E-state index contributed by atoms with van der Waals surface area (Å²) in [4.78, 5) is 26.1. The Morgan fingerprint density at radius 1 is 1.17 bits per heavy atom. The van der Waals surface area contributed by atoms with Crippen molar-refractivity contribution in [3.05, 3.63) is 81.3 Å². The first-order valence-electron chi connectivity index (χ1n) is 6.56. The van der Waals surface area contributed by atoms with Gasteiger partial charge in [-0.2, -0.15) is 0 Å². The van der Waals surface area contributed by atoms with Gasteiger partial charge in [-0.1, -0.05) is 18.2 Å². The van der Waals surface area contributed by atoms with E-state index in [1.165, 1.54) is 42.5 Å². The van der Waals surface area contributed by atoms with Crippen molar-refractivity contribution in [2.24, 2.45) is 4.99 Å². The van der Waals surface area contributed by atoms with E-state index in [1.54, 1.807) is 12.1 Å². The van der Waals surface area contributed by atoms with Gasteiger partial charge in [-0.3, -0.25) is 10.1 Å². The summed E-state index contributed by atoms with van der Waals surface area (Å²) < 4.78 is 18.2. The highest BCUT2D eigenvalue weighted by Gasteiger charge is 2.24. The zero-order valence-corrected chi connectivity index (χ0v) is 11.6. The van der Waals surface area contributed by atoms with Gasteiger partial charge in [-0.05, 0) is 29.8 Å². The average molecular weight is 312 g/mol. The first-order valence-corrected chi connectivity index (χ1v) is 6.56. The van der Waals surface area contributed by atoms with Gasteiger partial charge in [0.15, 0.2) is 5.70 Å². The molecule has 0 aromatic heterocycles. The predicted octanol–water partition coefficient (Wildman–Crippen LogP) is 3.08. The van der Waals surface area contributed by atoms with Crippen LogP contribution < -0.4 is 0 Å². The maximum atomic E-state index is 13.2. The highest BCUT2D eigenvalue weighted by Crippen LogP contribution is 2.21. The highest BCUT2D eigenvalue weighted by atomic mass is 19.1. The summed E-state index contributed by atoms with van der Waals surface area (Å²) >= 11 is 0. The number of hydrogen-bond acceptors (Lipinski definition) is 5. The number of ether oxygens (including phenoxy) is 1. The molecule has 1 aliphatic rings. The molecule has 0 amide bonds. The number of halogens is 1. The van der Waals surface area contributed by atoms with Gasteiger partial charge in [0.05, 0.1) is 4.92 Å². The Morgan fingerprint density at radius 3 is 2.70 bits per heavy atom. The van der Waals surface area contributed by atoms with E-state index in [9.17, 15) is 19.3 Å². The molecule has 0 N–H and O–H groups in total. The first kappa shape index (κ1) is 14.6. The van der Waals surface area contributed by atoms with Crippen molar-refractivity contribution in [1.82, 2.24) is 0 Å². The molecule has 0 atom stereocenters. The fraction of sp³-hybridized carbons (Fsp3) is 0. The van der Waals surface area contributed by atoms with Gasteiger partial charge < -0.3 is 4.74 Å². The summed E-state index contributed by atoms with van der Waals surface area (Å²) in [6.07, 6.45) is 1.38. The molecule has 6 nitrogen and oxygen atoms in total. The summed E-state index contributed by atoms with van der Waals surface area (Å²) in [5.74, 6) is -1.18. The number of rotatable bonds is 3. The number of esters is 1. The van der Waals surface area contributed by atoms with Crippen LogP contribution in [-0.2, 0) is 9.53 Å². The van der Waals surface area contributed by atoms with Crippen LogP contribution in [0, 0.1) is 15.9 Å². The fourth-order valence-corrected chi connectivity index (χ4v) is 2.04. The third-order valence-electron chi connectivity index (χ3n) is 3.08. The lowest BCUT2D eigenvalue weighted by atomic mass is 10.1. The zero-order chi connectivity index (χ0) is 16.4. The Bertz CT molecular complexity index is 874. The van der Waals surface area contributed by atoms with Gasteiger partial charge in [0.2, 0.25) is 5.90 Å². The number of carbonyl (C=O) groups is 1. The van der Waals surface area contributed by atoms with Gasteiger partial charge in [0, 0.05) is 17.7 Å². The number of benzene rings is 2. The molecule has 0 saturated carbocycles. The number of aliphatic imine (C=N–C) groups is 1. The SMILES string of the molecule is O=C1OC(c2cccc(F)c2)=N/C1=C/c1cccc([N+](=O)[O-])c1. The zero-order valence-electron chi connectivity index (χ0n) is 11.6. The van der Waals surface area contributed by atoms with Crippen molar-refractivity contribution in [3.8, 4) is 0 Å². The maximum absolute atomic E-state index is 13.2. The Hall–Kier alpha value is -3.35. The van der Waals surface area contributed by atoms with Crippen LogP contribution in [0.15, 0.2) is 59.2 Å². The van der Waals surface area contributed by atoms with Crippen molar-refractivity contribution < 1.29 is 18.8 Å². The predicted molar refractivity (Wildman–Crippen MR) is 80.1 cm³/mol. The van der Waals surface area contributed by atoms with E-state index in [0.717, 1.165) is 0 Å². The smallest absolute Gasteiger partial charge is 0.363 e. The molecule has 0 aliphatic carbocycles. The first-order chi connectivity index (χ1) is 11.0. The van der Waals surface area contributed by atoms with E-state index >= 15 is 0 Å². The molecule has 0 fully saturated rings. The summed E-state index contributed by atoms with van der Waals surface area (Å²) in [5, 5.41) is 10.8. The minimum absolute atomic E-state index is 0.00817. The second-order valence-electron chi connectivity index (χ2n) is 4.70. The molecule has 7 heteroatoms. The number of nitro groups is 1. The largest absolute Gasteiger partial charge is 0.402 e. The van der Waals surface area contributed by atoms with Crippen LogP contribution in [0.25, 0.3) is 6.08 Å². The molecule has 0 unspecified atom stereocenters. The van der Waals surface area contributed by atoms with Crippen LogP contribution in [0.5, 0.6) is 0 Å². The molecule has 3 rings (SSSR count). The molecule has 0 spiro atoms. The summed E-state index contributed by atoms with van der Waals surface area (Å²) in [7, 11) is 0. The monoisotopic (exact) mass is 312 g/mol. The van der Waals surface area contributed by atoms with Crippen molar-refractivity contribution in [2.75, 3.05) is 0 Å². The second kappa shape index (κ2) is 5.80. The van der Waals surface area contributed by atoms with Crippen molar-refractivity contribution in [2.45, 2.75) is 0 Å². The summed E-state index contributed by atoms with van der Waals surface area (Å²) in [6, 6.07) is 11.3. The van der Waals surface area contributed by atoms with Crippen molar-refractivity contribution >= 4 is 23.6 Å². The third kappa shape index (κ3) is 3.13. The number of nitro benzene ring substituents is 1. The normalized spacial score (nSPS) is 15.4. The lowest BCUT2D eigenvalue weighted by Gasteiger charge is -1.98. The quantitative estimate of drug-likeness (QED) is 0.377. The molecule has 114 valence electrons. The molecule has 0 saturated heterocycles. The second-order valence-corrected chi connectivity index (χ2v) is 4.70. The number of nitrogens with zero attached hydrogens (tertiary/aromatic N) is 2. The van der Waals surface area contributed by atoms with Crippen LogP contribution in [0.1, 0.15) is 11.1 Å². The lowest BCUT2D eigenvalue weighted by molar-refractivity contribution is -0.384. The molecule has 0 radical (unpaired) electrons. The summed E-state index contributed by atoms with van der Waals surface area (Å²) in [5.41, 5.74) is 0.668. The molecule has 1 aliphatic heterocycles. The Labute approximate surface area is 129 Å². The number of cyclic esters (lactones) is 1. The molecule has 2 aromatic rings. The fourth-order valence-electron chi connectivity index (χ4n) is 2.04. The third-order valence-corrected chi connectivity index (χ3v) is 3.08. The lowest BCUT2D eigenvalue weighted by Crippen LogP contribution is -2.05. The molecular formula is C16H9FN2O4. The Morgan fingerprint density at radius 2 is 1.96 bits per heavy atom. The van der Waals surface area contributed by atoms with Crippen LogP contribution in [0.4, 0.5) is 10.1 Å². The Kier molecular flexibility index (Phi) is 3.68. The highest BCUT2D eigenvalue weighted by molar-refractivity contribution is 6.12. The number of carbonyl (C=O) groups excluding carboxylic acids is 1. The topological polar surface area (TPSA) is 81.8 Å². The van der Waals surface area contributed by atoms with Crippen LogP contribution in [-0.4, -0.2) is 16.8 Å².